The van der Waals surface area contributed by atoms with Gasteiger partial charge in [0.15, 0.2) is 0 Å². The van der Waals surface area contributed by atoms with Crippen LogP contribution in [0.15, 0.2) is 29.4 Å². The van der Waals surface area contributed by atoms with E-state index in [1.807, 2.05) is 6.92 Å². The summed E-state index contributed by atoms with van der Waals surface area (Å²) in [6.07, 6.45) is 0.990. The normalized spacial score (nSPS) is 13.2. The molecule has 17 heavy (non-hydrogen) atoms. The fourth-order valence-electron chi connectivity index (χ4n) is 1.22. The number of benzene rings is 1. The highest BCUT2D eigenvalue weighted by Gasteiger charge is 2.06. The molecule has 0 aliphatic carbocycles. The first-order valence-electron chi connectivity index (χ1n) is 5.68. The van der Waals surface area contributed by atoms with E-state index in [0.717, 1.165) is 12.1 Å². The molecular formula is C13H18N2O2. The van der Waals surface area contributed by atoms with Crippen LogP contribution in [0.1, 0.15) is 37.6 Å². The summed E-state index contributed by atoms with van der Waals surface area (Å²) in [4.78, 5) is 11.7. The van der Waals surface area contributed by atoms with Crippen molar-refractivity contribution in [1.82, 2.24) is 5.43 Å². The molecule has 0 radical (unpaired) electrons. The summed E-state index contributed by atoms with van der Waals surface area (Å²) in [6, 6.07) is 6.05. The second kappa shape index (κ2) is 6.03. The molecule has 2 N–H and O–H groups in total. The largest absolute Gasteiger partial charge is 0.508 e. The molecule has 1 aromatic rings. The molecule has 0 aliphatic heterocycles. The maximum Gasteiger partial charge on any atom is 0.271 e. The van der Waals surface area contributed by atoms with Gasteiger partial charge in [-0.15, -0.1) is 0 Å². The first kappa shape index (κ1) is 13.2. The number of amides is 1. The van der Waals surface area contributed by atoms with Crippen molar-refractivity contribution in [2.75, 3.05) is 0 Å². The third kappa shape index (κ3) is 3.90. The average molecular weight is 234 g/mol. The van der Waals surface area contributed by atoms with Gasteiger partial charge in [-0.25, -0.2) is 5.43 Å². The molecule has 0 bridgehead atoms. The Hall–Kier alpha value is -1.84. The third-order valence-electron chi connectivity index (χ3n) is 2.79. The zero-order valence-electron chi connectivity index (χ0n) is 10.4. The van der Waals surface area contributed by atoms with Crippen LogP contribution < -0.4 is 5.43 Å². The third-order valence-corrected chi connectivity index (χ3v) is 2.79. The first-order valence-corrected chi connectivity index (χ1v) is 5.68. The summed E-state index contributed by atoms with van der Waals surface area (Å²) in [5, 5.41) is 13.2. The first-order chi connectivity index (χ1) is 8.04. The Morgan fingerprint density at radius 2 is 2.00 bits per heavy atom. The number of rotatable bonds is 4. The highest BCUT2D eigenvalue weighted by molar-refractivity contribution is 5.95. The molecule has 0 fully saturated rings. The van der Waals surface area contributed by atoms with Gasteiger partial charge in [-0.3, -0.25) is 4.79 Å². The van der Waals surface area contributed by atoms with Gasteiger partial charge in [0.05, 0.1) is 0 Å². The van der Waals surface area contributed by atoms with Crippen LogP contribution in [-0.2, 0) is 0 Å². The van der Waals surface area contributed by atoms with Crippen LogP contribution in [0, 0.1) is 5.92 Å². The predicted octanol–water partition coefficient (Wildman–Crippen LogP) is 2.54. The molecule has 92 valence electrons. The predicted molar refractivity (Wildman–Crippen MR) is 68.1 cm³/mol. The lowest BCUT2D eigenvalue weighted by molar-refractivity contribution is 0.0954. The Kier molecular flexibility index (Phi) is 4.69. The maximum absolute atomic E-state index is 11.7. The molecule has 0 spiro atoms. The lowest BCUT2D eigenvalue weighted by Crippen LogP contribution is -2.20. The zero-order valence-corrected chi connectivity index (χ0v) is 10.4. The van der Waals surface area contributed by atoms with Crippen molar-refractivity contribution < 1.29 is 9.90 Å². The molecule has 0 heterocycles. The van der Waals surface area contributed by atoms with Crippen LogP contribution >= 0.6 is 0 Å². The number of phenolic OH excluding ortho intramolecular Hbond substituents is 1. The average Bonchev–Trinajstić information content (AvgIpc) is 2.35. The Balaban J connectivity index is 2.64. The maximum atomic E-state index is 11.7. The monoisotopic (exact) mass is 234 g/mol. The van der Waals surface area contributed by atoms with Crippen LogP contribution in [0.5, 0.6) is 5.75 Å². The van der Waals surface area contributed by atoms with E-state index in [0.29, 0.717) is 11.5 Å². The number of aromatic hydroxyl groups is 1. The highest BCUT2D eigenvalue weighted by Crippen LogP contribution is 2.09. The number of hydrogen-bond acceptors (Lipinski definition) is 3. The Bertz CT molecular complexity index is 410. The lowest BCUT2D eigenvalue weighted by atomic mass is 10.1. The number of hydrazone groups is 1. The molecule has 1 aromatic carbocycles. The van der Waals surface area contributed by atoms with Gasteiger partial charge >= 0.3 is 0 Å². The molecule has 1 rings (SSSR count). The number of hydrogen-bond donors (Lipinski definition) is 2. The van der Waals surface area contributed by atoms with E-state index >= 15 is 0 Å². The molecule has 0 aliphatic rings. The van der Waals surface area contributed by atoms with Gasteiger partial charge in [0.25, 0.3) is 5.91 Å². The van der Waals surface area contributed by atoms with E-state index in [2.05, 4.69) is 24.4 Å². The van der Waals surface area contributed by atoms with Crippen LogP contribution in [0.2, 0.25) is 0 Å². The topological polar surface area (TPSA) is 61.7 Å². The van der Waals surface area contributed by atoms with Gasteiger partial charge in [-0.2, -0.15) is 5.10 Å². The summed E-state index contributed by atoms with van der Waals surface area (Å²) in [5.74, 6) is 0.226. The van der Waals surface area contributed by atoms with Crippen molar-refractivity contribution in [2.24, 2.45) is 11.0 Å². The number of carbonyl (C=O) groups is 1. The molecular weight excluding hydrogens is 216 g/mol. The summed E-state index contributed by atoms with van der Waals surface area (Å²) >= 11 is 0. The second-order valence-electron chi connectivity index (χ2n) is 4.05. The van der Waals surface area contributed by atoms with E-state index in [4.69, 9.17) is 5.11 Å². The molecule has 0 unspecified atom stereocenters. The molecule has 0 saturated heterocycles. The van der Waals surface area contributed by atoms with E-state index in [1.165, 1.54) is 12.1 Å². The fraction of sp³-hybridized carbons (Fsp3) is 0.385. The van der Waals surface area contributed by atoms with E-state index in [1.54, 1.807) is 12.1 Å². The van der Waals surface area contributed by atoms with Crippen molar-refractivity contribution in [1.29, 1.82) is 0 Å². The van der Waals surface area contributed by atoms with Gasteiger partial charge in [0.2, 0.25) is 0 Å². The summed E-state index contributed by atoms with van der Waals surface area (Å²) in [5.41, 5.74) is 3.88. The quantitative estimate of drug-likeness (QED) is 0.621. The van der Waals surface area contributed by atoms with Gasteiger partial charge < -0.3 is 5.11 Å². The molecule has 1 atom stereocenters. The lowest BCUT2D eigenvalue weighted by Gasteiger charge is -2.07. The number of carbonyl (C=O) groups excluding carboxylic acids is 1. The number of nitrogens with one attached hydrogen (secondary N) is 1. The van der Waals surface area contributed by atoms with Gasteiger partial charge in [-0.05, 0) is 43.5 Å². The molecule has 0 aromatic heterocycles. The van der Waals surface area contributed by atoms with E-state index < -0.39 is 0 Å². The Morgan fingerprint density at radius 3 is 2.53 bits per heavy atom. The van der Waals surface area contributed by atoms with Crippen LogP contribution in [-0.4, -0.2) is 16.7 Å². The highest BCUT2D eigenvalue weighted by atomic mass is 16.3. The standard InChI is InChI=1S/C13H18N2O2/c1-4-9(2)10(3)14-15-13(17)11-5-7-12(16)8-6-11/h5-9,16H,4H2,1-3H3,(H,15,17)/b14-10-/t9-/m0/s1. The van der Waals surface area contributed by atoms with Gasteiger partial charge in [-0.1, -0.05) is 13.8 Å². The molecule has 1 amide bonds. The number of phenols is 1. The molecule has 4 nitrogen and oxygen atoms in total. The fourth-order valence-corrected chi connectivity index (χ4v) is 1.22. The second-order valence-corrected chi connectivity index (χ2v) is 4.05. The summed E-state index contributed by atoms with van der Waals surface area (Å²) in [6.45, 7) is 6.03. The van der Waals surface area contributed by atoms with Gasteiger partial charge in [0.1, 0.15) is 5.75 Å². The van der Waals surface area contributed by atoms with Crippen molar-refractivity contribution in [2.45, 2.75) is 27.2 Å². The number of nitrogens with zero attached hydrogens (tertiary/aromatic N) is 1. The minimum atomic E-state index is -0.271. The van der Waals surface area contributed by atoms with Gasteiger partial charge in [0, 0.05) is 11.3 Å². The Morgan fingerprint density at radius 1 is 1.41 bits per heavy atom. The van der Waals surface area contributed by atoms with E-state index in [9.17, 15) is 4.79 Å². The van der Waals surface area contributed by atoms with Crippen LogP contribution in [0.4, 0.5) is 0 Å². The van der Waals surface area contributed by atoms with Crippen molar-refractivity contribution in [3.63, 3.8) is 0 Å². The van der Waals surface area contributed by atoms with Crippen LogP contribution in [0.25, 0.3) is 0 Å². The van der Waals surface area contributed by atoms with Crippen LogP contribution in [0.3, 0.4) is 0 Å². The van der Waals surface area contributed by atoms with Crippen molar-refractivity contribution in [3.8, 4) is 5.75 Å². The minimum Gasteiger partial charge on any atom is -0.508 e. The zero-order chi connectivity index (χ0) is 12.8. The minimum absolute atomic E-state index is 0.140. The Labute approximate surface area is 101 Å². The molecule has 4 heteroatoms. The smallest absolute Gasteiger partial charge is 0.271 e. The summed E-state index contributed by atoms with van der Waals surface area (Å²) < 4.78 is 0. The van der Waals surface area contributed by atoms with E-state index in [-0.39, 0.29) is 11.7 Å². The SMILES string of the molecule is CC[C@H](C)/C(C)=N\NC(=O)c1ccc(O)cc1. The summed E-state index contributed by atoms with van der Waals surface area (Å²) in [7, 11) is 0. The van der Waals surface area contributed by atoms with Crippen molar-refractivity contribution in [3.05, 3.63) is 29.8 Å². The van der Waals surface area contributed by atoms with Crippen molar-refractivity contribution >= 4 is 11.6 Å². The molecule has 0 saturated carbocycles.